The SMILES string of the molecule is COCC(C)NC1CCC(Nc2cc(-c3ccnc(NCC4CC4)c3)c(F)cn2)CC1. The summed E-state index contributed by atoms with van der Waals surface area (Å²) >= 11 is 0. The monoisotopic (exact) mass is 427 g/mol. The Labute approximate surface area is 184 Å². The Morgan fingerprint density at radius 1 is 1.06 bits per heavy atom. The van der Waals surface area contributed by atoms with Gasteiger partial charge in [-0.25, -0.2) is 14.4 Å². The highest BCUT2D eigenvalue weighted by Crippen LogP contribution is 2.30. The Morgan fingerprint density at radius 2 is 1.84 bits per heavy atom. The summed E-state index contributed by atoms with van der Waals surface area (Å²) < 4.78 is 19.8. The maximum absolute atomic E-state index is 14.6. The Bertz CT molecular complexity index is 852. The number of aromatic nitrogens is 2. The van der Waals surface area contributed by atoms with E-state index in [-0.39, 0.29) is 5.82 Å². The number of rotatable bonds is 10. The molecule has 1 atom stereocenters. The third kappa shape index (κ3) is 6.37. The lowest BCUT2D eigenvalue weighted by molar-refractivity contribution is 0.161. The molecular weight excluding hydrogens is 393 g/mol. The van der Waals surface area contributed by atoms with Gasteiger partial charge in [0.05, 0.1) is 12.8 Å². The van der Waals surface area contributed by atoms with E-state index in [4.69, 9.17) is 4.74 Å². The van der Waals surface area contributed by atoms with Gasteiger partial charge in [-0.15, -0.1) is 0 Å². The van der Waals surface area contributed by atoms with Crippen LogP contribution in [0.3, 0.4) is 0 Å². The summed E-state index contributed by atoms with van der Waals surface area (Å²) in [6, 6.07) is 6.84. The number of methoxy groups -OCH3 is 1. The molecule has 6 nitrogen and oxygen atoms in total. The summed E-state index contributed by atoms with van der Waals surface area (Å²) in [4.78, 5) is 8.66. The Balaban J connectivity index is 1.35. The van der Waals surface area contributed by atoms with Crippen molar-refractivity contribution in [1.29, 1.82) is 0 Å². The highest BCUT2D eigenvalue weighted by atomic mass is 19.1. The number of nitrogens with one attached hydrogen (secondary N) is 3. The van der Waals surface area contributed by atoms with Crippen molar-refractivity contribution in [2.24, 2.45) is 5.92 Å². The fourth-order valence-corrected chi connectivity index (χ4v) is 4.32. The van der Waals surface area contributed by atoms with E-state index in [0.29, 0.717) is 23.7 Å². The molecule has 4 rings (SSSR count). The van der Waals surface area contributed by atoms with Crippen molar-refractivity contribution < 1.29 is 9.13 Å². The lowest BCUT2D eigenvalue weighted by atomic mass is 9.90. The minimum atomic E-state index is -0.315. The molecule has 7 heteroatoms. The summed E-state index contributed by atoms with van der Waals surface area (Å²) in [7, 11) is 1.74. The first kappa shape index (κ1) is 22.0. The van der Waals surface area contributed by atoms with Gasteiger partial charge >= 0.3 is 0 Å². The molecule has 2 aliphatic rings. The van der Waals surface area contributed by atoms with Crippen molar-refractivity contribution >= 4 is 11.6 Å². The summed E-state index contributed by atoms with van der Waals surface area (Å²) in [6.45, 7) is 3.82. The first-order valence-corrected chi connectivity index (χ1v) is 11.5. The minimum Gasteiger partial charge on any atom is -0.383 e. The van der Waals surface area contributed by atoms with Crippen LogP contribution in [0.25, 0.3) is 11.1 Å². The zero-order valence-electron chi connectivity index (χ0n) is 18.5. The van der Waals surface area contributed by atoms with E-state index in [1.54, 1.807) is 13.3 Å². The Hall–Kier alpha value is -2.25. The Morgan fingerprint density at radius 3 is 2.58 bits per heavy atom. The van der Waals surface area contributed by atoms with E-state index in [1.807, 2.05) is 18.2 Å². The minimum absolute atomic E-state index is 0.315. The zero-order valence-corrected chi connectivity index (χ0v) is 18.5. The van der Waals surface area contributed by atoms with Gasteiger partial charge in [0.2, 0.25) is 0 Å². The number of nitrogens with zero attached hydrogens (tertiary/aromatic N) is 2. The molecule has 1 unspecified atom stereocenters. The van der Waals surface area contributed by atoms with Crippen LogP contribution >= 0.6 is 0 Å². The quantitative estimate of drug-likeness (QED) is 0.520. The summed E-state index contributed by atoms with van der Waals surface area (Å²) in [5, 5.41) is 10.5. The zero-order chi connectivity index (χ0) is 21.6. The third-order valence-electron chi connectivity index (χ3n) is 6.21. The van der Waals surface area contributed by atoms with Gasteiger partial charge in [0.15, 0.2) is 0 Å². The number of anilines is 2. The van der Waals surface area contributed by atoms with Crippen molar-refractivity contribution in [2.75, 3.05) is 30.9 Å². The number of ether oxygens (including phenoxy) is 1. The van der Waals surface area contributed by atoms with Crippen molar-refractivity contribution in [3.8, 4) is 11.1 Å². The summed E-state index contributed by atoms with van der Waals surface area (Å²) in [5.41, 5.74) is 1.37. The standard InChI is InChI=1S/C24H34FN5O/c1-16(15-31-2)29-19-5-7-20(8-6-19)30-24-12-21(22(25)14-28-24)18-9-10-26-23(11-18)27-13-17-3-4-17/h9-12,14,16-17,19-20,29H,3-8,13,15H2,1-2H3,(H,26,27)(H,28,30). The number of hydrogen-bond acceptors (Lipinski definition) is 6. The van der Waals surface area contributed by atoms with Crippen LogP contribution in [0.1, 0.15) is 45.4 Å². The van der Waals surface area contributed by atoms with Crippen LogP contribution in [-0.4, -0.2) is 48.4 Å². The van der Waals surface area contributed by atoms with Crippen LogP contribution < -0.4 is 16.0 Å². The smallest absolute Gasteiger partial charge is 0.149 e. The average Bonchev–Trinajstić information content (AvgIpc) is 3.60. The van der Waals surface area contributed by atoms with Crippen molar-refractivity contribution in [3.63, 3.8) is 0 Å². The molecule has 2 fully saturated rings. The van der Waals surface area contributed by atoms with Crippen LogP contribution in [-0.2, 0) is 4.74 Å². The van der Waals surface area contributed by atoms with Gasteiger partial charge < -0.3 is 20.7 Å². The van der Waals surface area contributed by atoms with Crippen LogP contribution in [0, 0.1) is 11.7 Å². The largest absolute Gasteiger partial charge is 0.383 e. The maximum atomic E-state index is 14.6. The molecule has 2 heterocycles. The van der Waals surface area contributed by atoms with Gasteiger partial charge in [0.1, 0.15) is 17.5 Å². The van der Waals surface area contributed by atoms with Gasteiger partial charge in [-0.1, -0.05) is 0 Å². The van der Waals surface area contributed by atoms with Crippen LogP contribution in [0.2, 0.25) is 0 Å². The molecular formula is C24H34FN5O. The number of pyridine rings is 2. The molecule has 0 aromatic carbocycles. The molecule has 2 aromatic heterocycles. The fraction of sp³-hybridized carbons (Fsp3) is 0.583. The van der Waals surface area contributed by atoms with Crippen LogP contribution in [0.4, 0.5) is 16.0 Å². The number of hydrogen-bond donors (Lipinski definition) is 3. The lowest BCUT2D eigenvalue weighted by Gasteiger charge is -2.31. The van der Waals surface area contributed by atoms with E-state index in [0.717, 1.165) is 62.0 Å². The van der Waals surface area contributed by atoms with E-state index in [2.05, 4.69) is 32.8 Å². The molecule has 3 N–H and O–H groups in total. The van der Waals surface area contributed by atoms with Crippen molar-refractivity contribution in [3.05, 3.63) is 36.4 Å². The second-order valence-corrected chi connectivity index (χ2v) is 9.02. The summed E-state index contributed by atoms with van der Waals surface area (Å²) in [5.74, 6) is 1.96. The topological polar surface area (TPSA) is 71.1 Å². The van der Waals surface area contributed by atoms with Crippen molar-refractivity contribution in [1.82, 2.24) is 15.3 Å². The van der Waals surface area contributed by atoms with Gasteiger partial charge in [0, 0.05) is 43.5 Å². The lowest BCUT2D eigenvalue weighted by Crippen LogP contribution is -2.42. The first-order valence-electron chi connectivity index (χ1n) is 11.5. The average molecular weight is 428 g/mol. The maximum Gasteiger partial charge on any atom is 0.149 e. The fourth-order valence-electron chi connectivity index (χ4n) is 4.32. The molecule has 0 saturated heterocycles. The molecule has 0 aliphatic heterocycles. The van der Waals surface area contributed by atoms with Gasteiger partial charge in [-0.3, -0.25) is 0 Å². The van der Waals surface area contributed by atoms with Gasteiger partial charge in [0.25, 0.3) is 0 Å². The van der Waals surface area contributed by atoms with Crippen LogP contribution in [0.5, 0.6) is 0 Å². The second kappa shape index (κ2) is 10.4. The predicted molar refractivity (Wildman–Crippen MR) is 123 cm³/mol. The summed E-state index contributed by atoms with van der Waals surface area (Å²) in [6.07, 6.45) is 9.97. The highest BCUT2D eigenvalue weighted by molar-refractivity contribution is 5.69. The Kier molecular flexibility index (Phi) is 7.35. The third-order valence-corrected chi connectivity index (χ3v) is 6.21. The number of halogens is 1. The molecule has 168 valence electrons. The molecule has 0 spiro atoms. The molecule has 2 aliphatic carbocycles. The highest BCUT2D eigenvalue weighted by Gasteiger charge is 2.23. The van der Waals surface area contributed by atoms with E-state index < -0.39 is 0 Å². The van der Waals surface area contributed by atoms with E-state index in [9.17, 15) is 4.39 Å². The van der Waals surface area contributed by atoms with E-state index in [1.165, 1.54) is 19.0 Å². The van der Waals surface area contributed by atoms with Crippen LogP contribution in [0.15, 0.2) is 30.6 Å². The van der Waals surface area contributed by atoms with Crippen molar-refractivity contribution in [2.45, 2.75) is 63.6 Å². The molecule has 31 heavy (non-hydrogen) atoms. The molecule has 0 amide bonds. The first-order chi connectivity index (χ1) is 15.1. The second-order valence-electron chi connectivity index (χ2n) is 9.02. The molecule has 0 bridgehead atoms. The normalized spacial score (nSPS) is 22.2. The molecule has 0 radical (unpaired) electrons. The molecule has 2 saturated carbocycles. The van der Waals surface area contributed by atoms with E-state index >= 15 is 0 Å². The van der Waals surface area contributed by atoms with Gasteiger partial charge in [-0.05, 0) is 75.1 Å². The predicted octanol–water partition coefficient (Wildman–Crippen LogP) is 4.45. The molecule has 2 aromatic rings. The van der Waals surface area contributed by atoms with Gasteiger partial charge in [-0.2, -0.15) is 0 Å².